The summed E-state index contributed by atoms with van der Waals surface area (Å²) >= 11 is 5.88. The fraction of sp³-hybridized carbons (Fsp3) is 0.429. The number of rotatable bonds is 2. The molecule has 1 fully saturated rings. The summed E-state index contributed by atoms with van der Waals surface area (Å²) in [5.41, 5.74) is 0.187. The zero-order valence-corrected chi connectivity index (χ0v) is 11.9. The molecule has 1 aromatic heterocycles. The molecule has 106 valence electrons. The molecule has 1 aromatic carbocycles. The van der Waals surface area contributed by atoms with Crippen LogP contribution in [0.2, 0.25) is 5.02 Å². The summed E-state index contributed by atoms with van der Waals surface area (Å²) in [4.78, 5) is 4.40. The van der Waals surface area contributed by atoms with Gasteiger partial charge in [-0.15, -0.1) is 0 Å². The summed E-state index contributed by atoms with van der Waals surface area (Å²) in [6.45, 7) is 2.69. The summed E-state index contributed by atoms with van der Waals surface area (Å²) in [7, 11) is 0. The van der Waals surface area contributed by atoms with Gasteiger partial charge in [-0.2, -0.15) is 4.98 Å². The van der Waals surface area contributed by atoms with Gasteiger partial charge in [-0.25, -0.2) is 0 Å². The van der Waals surface area contributed by atoms with Crippen molar-refractivity contribution in [3.8, 4) is 17.2 Å². The van der Waals surface area contributed by atoms with E-state index >= 15 is 0 Å². The molecule has 0 spiro atoms. The van der Waals surface area contributed by atoms with Crippen LogP contribution in [0, 0.1) is 0 Å². The first-order valence-corrected chi connectivity index (χ1v) is 6.93. The van der Waals surface area contributed by atoms with Gasteiger partial charge in [0.25, 0.3) is 5.89 Å². The van der Waals surface area contributed by atoms with Gasteiger partial charge in [-0.3, -0.25) is 0 Å². The van der Waals surface area contributed by atoms with Crippen LogP contribution < -0.4 is 0 Å². The fourth-order valence-electron chi connectivity index (χ4n) is 2.31. The zero-order chi connectivity index (χ0) is 14.2. The van der Waals surface area contributed by atoms with E-state index < -0.39 is 5.60 Å². The molecule has 1 aliphatic rings. The van der Waals surface area contributed by atoms with Gasteiger partial charge in [-0.05, 0) is 44.4 Å². The Morgan fingerprint density at radius 3 is 2.90 bits per heavy atom. The average Bonchev–Trinajstić information content (AvgIpc) is 2.93. The highest BCUT2D eigenvalue weighted by molar-refractivity contribution is 6.32. The van der Waals surface area contributed by atoms with E-state index in [0.29, 0.717) is 23.9 Å². The van der Waals surface area contributed by atoms with Crippen molar-refractivity contribution in [1.82, 2.24) is 10.1 Å². The Morgan fingerprint density at radius 1 is 1.35 bits per heavy atom. The van der Waals surface area contributed by atoms with Crippen molar-refractivity contribution in [2.75, 3.05) is 6.61 Å². The topological polar surface area (TPSA) is 68.4 Å². The lowest BCUT2D eigenvalue weighted by molar-refractivity contribution is -0.0770. The quantitative estimate of drug-likeness (QED) is 0.918. The number of ether oxygens (including phenoxy) is 1. The summed E-state index contributed by atoms with van der Waals surface area (Å²) in [5.74, 6) is 0.950. The second-order valence-electron chi connectivity index (χ2n) is 5.13. The third kappa shape index (κ3) is 2.39. The van der Waals surface area contributed by atoms with E-state index in [1.807, 2.05) is 6.92 Å². The summed E-state index contributed by atoms with van der Waals surface area (Å²) in [5, 5.41) is 13.7. The van der Waals surface area contributed by atoms with Crippen molar-refractivity contribution in [1.29, 1.82) is 0 Å². The van der Waals surface area contributed by atoms with Crippen LogP contribution in [0.5, 0.6) is 5.75 Å². The molecule has 1 saturated heterocycles. The van der Waals surface area contributed by atoms with E-state index in [4.69, 9.17) is 20.9 Å². The van der Waals surface area contributed by atoms with Gasteiger partial charge in [0.1, 0.15) is 11.4 Å². The Balaban J connectivity index is 1.91. The van der Waals surface area contributed by atoms with E-state index in [2.05, 4.69) is 10.1 Å². The number of nitrogens with zero attached hydrogens (tertiary/aromatic N) is 2. The Hall–Kier alpha value is -1.59. The minimum Gasteiger partial charge on any atom is -0.506 e. The van der Waals surface area contributed by atoms with Crippen LogP contribution in [0.4, 0.5) is 0 Å². The van der Waals surface area contributed by atoms with Crippen molar-refractivity contribution in [2.45, 2.75) is 31.8 Å². The lowest BCUT2D eigenvalue weighted by atomic mass is 9.95. The first-order chi connectivity index (χ1) is 9.58. The van der Waals surface area contributed by atoms with Crippen LogP contribution in [0.3, 0.4) is 0 Å². The van der Waals surface area contributed by atoms with Gasteiger partial charge >= 0.3 is 0 Å². The molecule has 1 atom stereocenters. The van der Waals surface area contributed by atoms with Crippen LogP contribution in [-0.4, -0.2) is 21.9 Å². The van der Waals surface area contributed by atoms with Crippen LogP contribution in [0.1, 0.15) is 32.0 Å². The molecule has 20 heavy (non-hydrogen) atoms. The number of aromatic hydroxyl groups is 1. The molecule has 1 unspecified atom stereocenters. The Labute approximate surface area is 121 Å². The molecule has 5 nitrogen and oxygen atoms in total. The van der Waals surface area contributed by atoms with Crippen molar-refractivity contribution in [3.05, 3.63) is 29.0 Å². The van der Waals surface area contributed by atoms with E-state index in [1.54, 1.807) is 12.1 Å². The summed E-state index contributed by atoms with van der Waals surface area (Å²) < 4.78 is 11.1. The molecule has 1 N–H and O–H groups in total. The third-order valence-electron chi connectivity index (χ3n) is 3.56. The van der Waals surface area contributed by atoms with Gasteiger partial charge in [0, 0.05) is 12.2 Å². The zero-order valence-electron chi connectivity index (χ0n) is 11.1. The van der Waals surface area contributed by atoms with E-state index in [1.165, 1.54) is 6.07 Å². The van der Waals surface area contributed by atoms with Gasteiger partial charge < -0.3 is 14.4 Å². The maximum absolute atomic E-state index is 9.42. The molecule has 0 radical (unpaired) electrons. The third-order valence-corrected chi connectivity index (χ3v) is 3.87. The summed E-state index contributed by atoms with van der Waals surface area (Å²) in [6, 6.07) is 4.78. The van der Waals surface area contributed by atoms with Gasteiger partial charge in [0.2, 0.25) is 5.82 Å². The van der Waals surface area contributed by atoms with Crippen LogP contribution in [0.15, 0.2) is 22.7 Å². The maximum Gasteiger partial charge on any atom is 0.258 e. The van der Waals surface area contributed by atoms with Crippen molar-refractivity contribution >= 4 is 11.6 Å². The Bertz CT molecular complexity index is 621. The number of hydrogen-bond donors (Lipinski definition) is 1. The van der Waals surface area contributed by atoms with Crippen LogP contribution in [0.25, 0.3) is 11.5 Å². The Kier molecular flexibility index (Phi) is 3.40. The second-order valence-corrected chi connectivity index (χ2v) is 5.53. The molecule has 0 aliphatic carbocycles. The van der Waals surface area contributed by atoms with E-state index in [9.17, 15) is 5.11 Å². The maximum atomic E-state index is 9.42. The first-order valence-electron chi connectivity index (χ1n) is 6.55. The highest BCUT2D eigenvalue weighted by atomic mass is 35.5. The normalized spacial score (nSPS) is 22.9. The minimum absolute atomic E-state index is 0.0257. The lowest BCUT2D eigenvalue weighted by Crippen LogP contribution is -2.31. The Morgan fingerprint density at radius 2 is 2.20 bits per heavy atom. The molecule has 1 aliphatic heterocycles. The predicted molar refractivity (Wildman–Crippen MR) is 73.6 cm³/mol. The van der Waals surface area contributed by atoms with Crippen molar-refractivity contribution < 1.29 is 14.4 Å². The SMILES string of the molecule is CC1(c2noc(-c3ccc(O)c(Cl)c3)n2)CCCCO1. The smallest absolute Gasteiger partial charge is 0.258 e. The van der Waals surface area contributed by atoms with Gasteiger partial charge in [0.05, 0.1) is 5.02 Å². The number of benzene rings is 1. The van der Waals surface area contributed by atoms with E-state index in [0.717, 1.165) is 19.3 Å². The number of hydrogen-bond acceptors (Lipinski definition) is 5. The summed E-state index contributed by atoms with van der Waals surface area (Å²) in [6.07, 6.45) is 3.03. The molecule has 2 aromatic rings. The molecule has 0 saturated carbocycles. The van der Waals surface area contributed by atoms with Gasteiger partial charge in [-0.1, -0.05) is 16.8 Å². The molecule has 0 bridgehead atoms. The van der Waals surface area contributed by atoms with Gasteiger partial charge in [0.15, 0.2) is 0 Å². The molecule has 6 heteroatoms. The molecule has 3 rings (SSSR count). The molecular weight excluding hydrogens is 280 g/mol. The first kappa shape index (κ1) is 13.4. The monoisotopic (exact) mass is 294 g/mol. The molecular formula is C14H15ClN2O3. The highest BCUT2D eigenvalue weighted by Gasteiger charge is 2.35. The van der Waals surface area contributed by atoms with Crippen molar-refractivity contribution in [2.24, 2.45) is 0 Å². The number of phenols is 1. The number of aromatic nitrogens is 2. The number of halogens is 1. The predicted octanol–water partition coefficient (Wildman–Crippen LogP) is 3.51. The second kappa shape index (κ2) is 5.07. The number of phenolic OH excluding ortho intramolecular Hbond substituents is 1. The lowest BCUT2D eigenvalue weighted by Gasteiger charge is -2.30. The molecule has 0 amide bonds. The van der Waals surface area contributed by atoms with Crippen LogP contribution in [-0.2, 0) is 10.3 Å². The minimum atomic E-state index is -0.485. The fourth-order valence-corrected chi connectivity index (χ4v) is 2.49. The van der Waals surface area contributed by atoms with Crippen LogP contribution >= 0.6 is 11.6 Å². The largest absolute Gasteiger partial charge is 0.506 e. The average molecular weight is 295 g/mol. The standard InChI is InChI=1S/C14H15ClN2O3/c1-14(6-2-3-7-19-14)13-16-12(20-17-13)9-4-5-11(18)10(15)8-9/h4-5,8,18H,2-3,6-7H2,1H3. The van der Waals surface area contributed by atoms with Crippen molar-refractivity contribution in [3.63, 3.8) is 0 Å². The van der Waals surface area contributed by atoms with E-state index in [-0.39, 0.29) is 10.8 Å². The highest BCUT2D eigenvalue weighted by Crippen LogP contribution is 2.34. The molecule has 2 heterocycles.